The maximum Gasteiger partial charge on any atom is 0.325 e. The number of hydrogen-bond acceptors (Lipinski definition) is 7. The van der Waals surface area contributed by atoms with Gasteiger partial charge in [-0.15, -0.1) is 0 Å². The van der Waals surface area contributed by atoms with Crippen LogP contribution in [0.2, 0.25) is 0 Å². The van der Waals surface area contributed by atoms with Crippen LogP contribution in [0.3, 0.4) is 0 Å². The van der Waals surface area contributed by atoms with Gasteiger partial charge in [-0.1, -0.05) is 34.8 Å². The minimum Gasteiger partial charge on any atom is -0.460 e. The summed E-state index contributed by atoms with van der Waals surface area (Å²) in [6.07, 6.45) is -0.219. The second-order valence-corrected chi connectivity index (χ2v) is 9.52. The van der Waals surface area contributed by atoms with Gasteiger partial charge in [-0.2, -0.15) is 0 Å². The summed E-state index contributed by atoms with van der Waals surface area (Å²) >= 11 is 16.7. The van der Waals surface area contributed by atoms with Gasteiger partial charge in [0, 0.05) is 6.54 Å². The zero-order chi connectivity index (χ0) is 20.1. The fourth-order valence-corrected chi connectivity index (χ4v) is 2.42. The lowest BCUT2D eigenvalue weighted by molar-refractivity contribution is -0.188. The second kappa shape index (κ2) is 9.73. The van der Waals surface area contributed by atoms with Crippen molar-refractivity contribution in [3.8, 4) is 0 Å². The summed E-state index contributed by atoms with van der Waals surface area (Å²) in [5.41, 5.74) is 2.24. The molecule has 0 bridgehead atoms. The van der Waals surface area contributed by atoms with Crippen molar-refractivity contribution in [3.05, 3.63) is 0 Å². The van der Waals surface area contributed by atoms with Crippen LogP contribution in [-0.4, -0.2) is 63.0 Å². The Morgan fingerprint density at radius 3 is 2.50 bits per heavy atom. The Hall–Kier alpha value is -0.350. The van der Waals surface area contributed by atoms with E-state index in [1.54, 1.807) is 27.7 Å². The number of aliphatic hydroxyl groups is 1. The van der Waals surface area contributed by atoms with Crippen molar-refractivity contribution in [1.82, 2.24) is 15.8 Å². The maximum atomic E-state index is 12.5. The molecule has 3 atom stereocenters. The van der Waals surface area contributed by atoms with E-state index in [4.69, 9.17) is 44.3 Å². The smallest absolute Gasteiger partial charge is 0.325 e. The Morgan fingerprint density at radius 2 is 1.96 bits per heavy atom. The fraction of sp³-hybridized carbons (Fsp3) is 0.867. The van der Waals surface area contributed by atoms with Gasteiger partial charge in [0.25, 0.3) is 5.91 Å². The van der Waals surface area contributed by atoms with Crippen molar-refractivity contribution in [2.45, 2.75) is 68.4 Å². The molecule has 11 heteroatoms. The highest BCUT2D eigenvalue weighted by Gasteiger charge is 2.33. The first-order chi connectivity index (χ1) is 11.8. The van der Waals surface area contributed by atoms with Crippen LogP contribution >= 0.6 is 34.8 Å². The first-order valence-electron chi connectivity index (χ1n) is 8.21. The van der Waals surface area contributed by atoms with Gasteiger partial charge < -0.3 is 14.6 Å². The van der Waals surface area contributed by atoms with Gasteiger partial charge in [-0.25, -0.2) is 5.43 Å². The number of carbonyl (C=O) groups is 2. The number of hydrazine groups is 1. The number of alkyl halides is 3. The normalized spacial score (nSPS) is 21.2. The third kappa shape index (κ3) is 9.03. The summed E-state index contributed by atoms with van der Waals surface area (Å²) < 4.78 is 8.56. The summed E-state index contributed by atoms with van der Waals surface area (Å²) in [6, 6.07) is -1.46. The average Bonchev–Trinajstić information content (AvgIpc) is 2.49. The molecule has 0 saturated carbocycles. The Balaban J connectivity index is 2.54. The van der Waals surface area contributed by atoms with Crippen molar-refractivity contribution in [1.29, 1.82) is 0 Å². The van der Waals surface area contributed by atoms with E-state index < -0.39 is 33.9 Å². The maximum absolute atomic E-state index is 12.5. The van der Waals surface area contributed by atoms with E-state index >= 15 is 0 Å². The lowest BCUT2D eigenvalue weighted by Crippen LogP contribution is -2.60. The molecule has 1 fully saturated rings. The zero-order valence-electron chi connectivity index (χ0n) is 15.2. The van der Waals surface area contributed by atoms with Crippen molar-refractivity contribution in [3.63, 3.8) is 0 Å². The van der Waals surface area contributed by atoms with E-state index in [1.807, 2.05) is 0 Å². The highest BCUT2D eigenvalue weighted by atomic mass is 35.6. The molecule has 1 amide bonds. The van der Waals surface area contributed by atoms with E-state index in [0.717, 1.165) is 0 Å². The van der Waals surface area contributed by atoms with Crippen LogP contribution < -0.4 is 10.7 Å². The molecule has 0 aliphatic carbocycles. The Kier molecular flexibility index (Phi) is 8.86. The molecule has 0 aromatic heterocycles. The predicted octanol–water partition coefficient (Wildman–Crippen LogP) is 1.46. The molecule has 0 radical (unpaired) electrons. The number of halogens is 3. The molecule has 152 valence electrons. The molecular weight excluding hydrogens is 409 g/mol. The number of esters is 1. The molecule has 0 aromatic rings. The molecule has 8 nitrogen and oxygen atoms in total. The lowest BCUT2D eigenvalue weighted by Gasteiger charge is -2.35. The van der Waals surface area contributed by atoms with Crippen LogP contribution in [-0.2, 0) is 19.1 Å². The molecular formula is C15H26Cl3N3O5. The van der Waals surface area contributed by atoms with Gasteiger partial charge in [0.05, 0.1) is 11.6 Å². The molecule has 0 aromatic carbocycles. The number of amides is 1. The molecule has 26 heavy (non-hydrogen) atoms. The van der Waals surface area contributed by atoms with Crippen LogP contribution in [0.5, 0.6) is 0 Å². The lowest BCUT2D eigenvalue weighted by atomic mass is 10.1. The molecule has 1 saturated heterocycles. The molecule has 1 aliphatic heterocycles. The highest BCUT2D eigenvalue weighted by molar-refractivity contribution is 6.67. The Labute approximate surface area is 168 Å². The van der Waals surface area contributed by atoms with Crippen LogP contribution in [0.15, 0.2) is 0 Å². The summed E-state index contributed by atoms with van der Waals surface area (Å²) in [5.74, 6) is -0.953. The number of ether oxygens (including phenoxy) is 2. The average molecular weight is 435 g/mol. The third-order valence-electron chi connectivity index (χ3n) is 3.34. The summed E-state index contributed by atoms with van der Waals surface area (Å²) in [7, 11) is 0. The molecule has 1 unspecified atom stereocenters. The van der Waals surface area contributed by atoms with Crippen LogP contribution in [0.25, 0.3) is 0 Å². The van der Waals surface area contributed by atoms with Crippen LogP contribution in [0.4, 0.5) is 0 Å². The topological polar surface area (TPSA) is 100 Å². The van der Waals surface area contributed by atoms with Crippen molar-refractivity contribution in [2.24, 2.45) is 0 Å². The van der Waals surface area contributed by atoms with Gasteiger partial charge in [-0.3, -0.25) is 19.9 Å². The molecule has 0 spiro atoms. The molecule has 3 N–H and O–H groups in total. The van der Waals surface area contributed by atoms with Gasteiger partial charge >= 0.3 is 5.97 Å². The molecule has 1 aliphatic rings. The van der Waals surface area contributed by atoms with Crippen LogP contribution in [0.1, 0.15) is 40.5 Å². The summed E-state index contributed by atoms with van der Waals surface area (Å²) in [5, 5.41) is 13.8. The predicted molar refractivity (Wildman–Crippen MR) is 98.6 cm³/mol. The van der Waals surface area contributed by atoms with Gasteiger partial charge in [-0.05, 0) is 40.5 Å². The number of nitrogens with zero attached hydrogens (tertiary/aromatic N) is 1. The standard InChI is InChI=1S/C15H26Cl3N3O5/c1-9(19-13(24)26-14(2,3)4)11(22)21-7-5-6-10(20-21)12(23)25-8-15(16,17)18/h9-10,13,19-20,24H,5-8H2,1-4H3/t9-,10-,13?/m0/s1. The van der Waals surface area contributed by atoms with Gasteiger partial charge in [0.15, 0.2) is 0 Å². The first kappa shape index (κ1) is 23.7. The van der Waals surface area contributed by atoms with E-state index in [1.165, 1.54) is 5.01 Å². The second-order valence-electron chi connectivity index (χ2n) is 7.01. The number of rotatable bonds is 6. The zero-order valence-corrected chi connectivity index (χ0v) is 17.5. The SMILES string of the molecule is C[C@H](NC(O)OC(C)(C)C)C(=O)N1CCC[C@@H](C(=O)OCC(Cl)(Cl)Cl)N1. The minimum absolute atomic E-state index is 0.347. The summed E-state index contributed by atoms with van der Waals surface area (Å²) in [4.78, 5) is 24.5. The third-order valence-corrected chi connectivity index (χ3v) is 3.67. The largest absolute Gasteiger partial charge is 0.460 e. The van der Waals surface area contributed by atoms with E-state index in [0.29, 0.717) is 19.4 Å². The number of hydrogen-bond donors (Lipinski definition) is 3. The first-order valence-corrected chi connectivity index (χ1v) is 9.35. The fourth-order valence-electron chi connectivity index (χ4n) is 2.26. The Bertz CT molecular complexity index is 496. The van der Waals surface area contributed by atoms with E-state index in [2.05, 4.69) is 10.7 Å². The summed E-state index contributed by atoms with van der Waals surface area (Å²) in [6.45, 7) is 6.97. The number of carbonyl (C=O) groups excluding carboxylic acids is 2. The van der Waals surface area contributed by atoms with E-state index in [-0.39, 0.29) is 12.5 Å². The van der Waals surface area contributed by atoms with E-state index in [9.17, 15) is 14.7 Å². The van der Waals surface area contributed by atoms with Crippen molar-refractivity contribution < 1.29 is 24.2 Å². The number of nitrogens with one attached hydrogen (secondary N) is 2. The van der Waals surface area contributed by atoms with Crippen molar-refractivity contribution >= 4 is 46.7 Å². The molecule has 1 heterocycles. The van der Waals surface area contributed by atoms with Gasteiger partial charge in [0.1, 0.15) is 12.6 Å². The number of aliphatic hydroxyl groups excluding tert-OH is 1. The minimum atomic E-state index is -1.69. The monoisotopic (exact) mass is 433 g/mol. The molecule has 1 rings (SSSR count). The highest BCUT2D eigenvalue weighted by Crippen LogP contribution is 2.26. The quantitative estimate of drug-likeness (QED) is 0.331. The van der Waals surface area contributed by atoms with Crippen molar-refractivity contribution in [2.75, 3.05) is 13.2 Å². The van der Waals surface area contributed by atoms with Gasteiger partial charge in [0.2, 0.25) is 10.2 Å². The van der Waals surface area contributed by atoms with Crippen LogP contribution in [0, 0.1) is 0 Å². The Morgan fingerprint density at radius 1 is 1.35 bits per heavy atom.